The van der Waals surface area contributed by atoms with E-state index < -0.39 is 43.4 Å². The van der Waals surface area contributed by atoms with E-state index in [1.165, 1.54) is 17.0 Å². The highest BCUT2D eigenvalue weighted by atomic mass is 35.5. The predicted molar refractivity (Wildman–Crippen MR) is 130 cm³/mol. The fraction of sp³-hybridized carbons (Fsp3) is 0.375. The number of anilines is 2. The maximum Gasteiger partial charge on any atom is 0.356 e. The summed E-state index contributed by atoms with van der Waals surface area (Å²) in [5.74, 6) is -4.98. The molecule has 0 radical (unpaired) electrons. The molecule has 12 heteroatoms. The van der Waals surface area contributed by atoms with Gasteiger partial charge in [0.15, 0.2) is 17.2 Å². The molecule has 3 heterocycles. The number of pyridine rings is 1. The quantitative estimate of drug-likeness (QED) is 0.412. The molecule has 1 saturated heterocycles. The molecule has 36 heavy (non-hydrogen) atoms. The van der Waals surface area contributed by atoms with Crippen LogP contribution in [0.5, 0.6) is 0 Å². The number of nitriles is 1. The van der Waals surface area contributed by atoms with Crippen molar-refractivity contribution in [2.45, 2.75) is 32.2 Å². The van der Waals surface area contributed by atoms with Crippen molar-refractivity contribution in [1.29, 1.82) is 5.26 Å². The number of aliphatic hydroxyl groups is 1. The average molecular weight is 517 g/mol. The van der Waals surface area contributed by atoms with E-state index in [1.54, 1.807) is 13.0 Å². The van der Waals surface area contributed by atoms with Gasteiger partial charge in [0.05, 0.1) is 29.3 Å². The van der Waals surface area contributed by atoms with E-state index in [0.717, 1.165) is 5.56 Å². The number of benzene rings is 1. The van der Waals surface area contributed by atoms with Crippen molar-refractivity contribution in [2.24, 2.45) is 5.92 Å². The minimum Gasteiger partial charge on any atom is -0.476 e. The van der Waals surface area contributed by atoms with Crippen molar-refractivity contribution < 1.29 is 23.8 Å². The first kappa shape index (κ1) is 25.5. The molecule has 1 aliphatic rings. The number of nitrogens with one attached hydrogen (secondary N) is 1. The lowest BCUT2D eigenvalue weighted by atomic mass is 9.95. The largest absolute Gasteiger partial charge is 0.476 e. The summed E-state index contributed by atoms with van der Waals surface area (Å²) in [6.07, 6.45) is -0.449. The van der Waals surface area contributed by atoms with Gasteiger partial charge < -0.3 is 20.4 Å². The SMILES string of the molecule is Cc1cc([C@@H](C)Nc2ccc(Cl)nc2C(=O)O)c2nc(N3C[C@H](CO)CC(F)(F)C3)c(C#N)nc2c1. The number of aromatic nitrogens is 3. The fourth-order valence-corrected chi connectivity index (χ4v) is 4.61. The van der Waals surface area contributed by atoms with Gasteiger partial charge in [0.25, 0.3) is 5.92 Å². The monoisotopic (exact) mass is 516 g/mol. The summed E-state index contributed by atoms with van der Waals surface area (Å²) >= 11 is 5.85. The molecule has 3 aromatic rings. The van der Waals surface area contributed by atoms with Crippen LogP contribution in [0.1, 0.15) is 46.7 Å². The molecular weight excluding hydrogens is 494 g/mol. The summed E-state index contributed by atoms with van der Waals surface area (Å²) in [4.78, 5) is 25.8. The third kappa shape index (κ3) is 5.15. The number of carboxylic acids is 1. The van der Waals surface area contributed by atoms with Gasteiger partial charge in [-0.3, -0.25) is 0 Å². The Balaban J connectivity index is 1.81. The molecule has 188 valence electrons. The molecule has 0 spiro atoms. The molecule has 0 saturated carbocycles. The Hall–Kier alpha value is -3.62. The minimum atomic E-state index is -3.06. The Labute approximate surface area is 210 Å². The van der Waals surface area contributed by atoms with Gasteiger partial charge in [0, 0.05) is 31.1 Å². The highest BCUT2D eigenvalue weighted by Gasteiger charge is 2.41. The maximum absolute atomic E-state index is 14.4. The van der Waals surface area contributed by atoms with E-state index in [2.05, 4.69) is 20.3 Å². The molecule has 1 aliphatic heterocycles. The molecule has 2 atom stereocenters. The van der Waals surface area contributed by atoms with Crippen molar-refractivity contribution in [2.75, 3.05) is 29.9 Å². The first-order valence-electron chi connectivity index (χ1n) is 11.1. The topological polar surface area (TPSA) is 135 Å². The van der Waals surface area contributed by atoms with Crippen LogP contribution in [0.2, 0.25) is 5.15 Å². The number of nitrogens with zero attached hydrogens (tertiary/aromatic N) is 5. The number of alkyl halides is 2. The summed E-state index contributed by atoms with van der Waals surface area (Å²) in [7, 11) is 0. The lowest BCUT2D eigenvalue weighted by molar-refractivity contribution is -0.0375. The molecule has 9 nitrogen and oxygen atoms in total. The van der Waals surface area contributed by atoms with Crippen LogP contribution in [0.3, 0.4) is 0 Å². The number of piperidine rings is 1. The first-order chi connectivity index (χ1) is 17.0. The van der Waals surface area contributed by atoms with Crippen LogP contribution in [-0.2, 0) is 0 Å². The Morgan fingerprint density at radius 3 is 2.78 bits per heavy atom. The second-order valence-electron chi connectivity index (χ2n) is 8.92. The number of hydrogen-bond donors (Lipinski definition) is 3. The number of aryl methyl sites for hydroxylation is 1. The summed E-state index contributed by atoms with van der Waals surface area (Å²) in [5.41, 5.74) is 2.10. The molecule has 1 aromatic carbocycles. The van der Waals surface area contributed by atoms with Gasteiger partial charge in [-0.15, -0.1) is 0 Å². The molecule has 2 aromatic heterocycles. The third-order valence-corrected chi connectivity index (χ3v) is 6.19. The van der Waals surface area contributed by atoms with Crippen molar-refractivity contribution in [3.05, 3.63) is 51.9 Å². The van der Waals surface area contributed by atoms with Crippen LogP contribution < -0.4 is 10.2 Å². The van der Waals surface area contributed by atoms with Crippen LogP contribution in [0, 0.1) is 24.2 Å². The molecule has 3 N–H and O–H groups in total. The number of aliphatic hydroxyl groups excluding tert-OH is 1. The smallest absolute Gasteiger partial charge is 0.356 e. The zero-order valence-electron chi connectivity index (χ0n) is 19.5. The Kier molecular flexibility index (Phi) is 6.93. The molecule has 1 fully saturated rings. The summed E-state index contributed by atoms with van der Waals surface area (Å²) in [6.45, 7) is 2.66. The molecule has 0 unspecified atom stereocenters. The maximum atomic E-state index is 14.4. The van der Waals surface area contributed by atoms with Crippen LogP contribution >= 0.6 is 11.6 Å². The van der Waals surface area contributed by atoms with Crippen molar-refractivity contribution in [3.8, 4) is 6.07 Å². The van der Waals surface area contributed by atoms with E-state index in [4.69, 9.17) is 11.6 Å². The molecule has 0 bridgehead atoms. The van der Waals surface area contributed by atoms with Crippen molar-refractivity contribution >= 4 is 40.1 Å². The first-order valence-corrected chi connectivity index (χ1v) is 11.5. The molecule has 0 amide bonds. The number of hydrogen-bond acceptors (Lipinski definition) is 8. The van der Waals surface area contributed by atoms with E-state index in [-0.39, 0.29) is 34.6 Å². The summed E-state index contributed by atoms with van der Waals surface area (Å²) in [6, 6.07) is 7.98. The minimum absolute atomic E-state index is 0.0134. The normalized spacial score (nSPS) is 18.0. The standard InChI is InChI=1S/C24H23ClF2N6O3/c1-12-5-15(13(2)29-16-3-4-19(25)31-21(16)23(35)36)20-17(6-12)30-18(8-28)22(32-20)33-9-14(10-34)7-24(26,27)11-33/h3-6,13-14,29,34H,7,9-11H2,1-2H3,(H,35,36)/t13-,14-/m1/s1. The number of carboxylic acid groups (broad SMARTS) is 1. The number of fused-ring (bicyclic) bond motifs is 1. The molecule has 4 rings (SSSR count). The predicted octanol–water partition coefficient (Wildman–Crippen LogP) is 4.18. The second kappa shape index (κ2) is 9.79. The zero-order chi connectivity index (χ0) is 26.2. The van der Waals surface area contributed by atoms with Crippen molar-refractivity contribution in [1.82, 2.24) is 15.0 Å². The summed E-state index contributed by atoms with van der Waals surface area (Å²) < 4.78 is 28.8. The van der Waals surface area contributed by atoms with E-state index in [0.29, 0.717) is 16.6 Å². The van der Waals surface area contributed by atoms with Crippen LogP contribution in [0.15, 0.2) is 24.3 Å². The number of carbonyl (C=O) groups is 1. The number of rotatable bonds is 6. The molecule has 0 aliphatic carbocycles. The zero-order valence-corrected chi connectivity index (χ0v) is 20.2. The van der Waals surface area contributed by atoms with Crippen LogP contribution in [0.4, 0.5) is 20.3 Å². The highest BCUT2D eigenvalue weighted by Crippen LogP contribution is 2.35. The van der Waals surface area contributed by atoms with Crippen LogP contribution in [0.25, 0.3) is 11.0 Å². The molecular formula is C24H23ClF2N6O3. The Bertz CT molecular complexity index is 1380. The average Bonchev–Trinajstić information content (AvgIpc) is 2.82. The fourth-order valence-electron chi connectivity index (χ4n) is 4.47. The second-order valence-corrected chi connectivity index (χ2v) is 9.31. The van der Waals surface area contributed by atoms with Gasteiger partial charge in [-0.1, -0.05) is 17.7 Å². The van der Waals surface area contributed by atoms with E-state index in [9.17, 15) is 29.1 Å². The van der Waals surface area contributed by atoms with E-state index >= 15 is 0 Å². The lowest BCUT2D eigenvalue weighted by Gasteiger charge is -2.37. The Morgan fingerprint density at radius 1 is 1.36 bits per heavy atom. The van der Waals surface area contributed by atoms with E-state index in [1.807, 2.05) is 19.1 Å². The van der Waals surface area contributed by atoms with Gasteiger partial charge in [-0.2, -0.15) is 5.26 Å². The van der Waals surface area contributed by atoms with Gasteiger partial charge in [-0.05, 0) is 37.6 Å². The lowest BCUT2D eigenvalue weighted by Crippen LogP contribution is -2.48. The number of aromatic carboxylic acids is 1. The van der Waals surface area contributed by atoms with Gasteiger partial charge in [-0.25, -0.2) is 28.5 Å². The van der Waals surface area contributed by atoms with Crippen LogP contribution in [-0.4, -0.2) is 56.8 Å². The van der Waals surface area contributed by atoms with Crippen molar-refractivity contribution in [3.63, 3.8) is 0 Å². The number of halogens is 3. The van der Waals surface area contributed by atoms with Gasteiger partial charge in [0.1, 0.15) is 11.2 Å². The van der Waals surface area contributed by atoms with Gasteiger partial charge >= 0.3 is 5.97 Å². The summed E-state index contributed by atoms with van der Waals surface area (Å²) in [5, 5.41) is 31.9. The van der Waals surface area contributed by atoms with Gasteiger partial charge in [0.2, 0.25) is 0 Å². The third-order valence-electron chi connectivity index (χ3n) is 5.98. The Morgan fingerprint density at radius 2 is 2.11 bits per heavy atom. The highest BCUT2D eigenvalue weighted by molar-refractivity contribution is 6.29.